The van der Waals surface area contributed by atoms with Crippen LogP contribution in [0.1, 0.15) is 29.2 Å². The number of aliphatic imine (C=N–C) groups is 1. The summed E-state index contributed by atoms with van der Waals surface area (Å²) in [6, 6.07) is 7.24. The van der Waals surface area contributed by atoms with Gasteiger partial charge in [-0.2, -0.15) is 0 Å². The Morgan fingerprint density at radius 3 is 2.10 bits per heavy atom. The smallest absolute Gasteiger partial charge is 0.206 e. The number of rotatable bonds is 3. The van der Waals surface area contributed by atoms with Gasteiger partial charge in [0.25, 0.3) is 0 Å². The van der Waals surface area contributed by atoms with Crippen LogP contribution in [0.2, 0.25) is 0 Å². The number of hydrogen-bond acceptors (Lipinski definition) is 6. The molecule has 2 aromatic carbocycles. The van der Waals surface area contributed by atoms with E-state index in [0.29, 0.717) is 34.0 Å². The second kappa shape index (κ2) is 7.47. The normalized spacial score (nSPS) is 15.7. The molecule has 3 rings (SSSR count). The summed E-state index contributed by atoms with van der Waals surface area (Å²) in [5.74, 6) is -0.463. The van der Waals surface area contributed by atoms with Crippen LogP contribution in [0.4, 0.5) is 22.7 Å². The van der Waals surface area contributed by atoms with Crippen molar-refractivity contribution in [3.8, 4) is 0 Å². The number of hydrogen-bond donors (Lipinski definition) is 4. The highest BCUT2D eigenvalue weighted by Crippen LogP contribution is 2.31. The van der Waals surface area contributed by atoms with Crippen molar-refractivity contribution in [3.63, 3.8) is 0 Å². The Kier molecular flexibility index (Phi) is 5.20. The predicted octanol–water partition coefficient (Wildman–Crippen LogP) is 4.57. The van der Waals surface area contributed by atoms with Gasteiger partial charge >= 0.3 is 0 Å². The number of carbonyl (C=O) groups is 1. The number of aliphatic hydroxyl groups excluding tert-OH is 1. The van der Waals surface area contributed by atoms with E-state index in [0.717, 1.165) is 27.9 Å². The van der Waals surface area contributed by atoms with Gasteiger partial charge in [0.2, 0.25) is 5.78 Å². The average molecular weight is 390 g/mol. The summed E-state index contributed by atoms with van der Waals surface area (Å²) in [7, 11) is 0. The van der Waals surface area contributed by atoms with Crippen molar-refractivity contribution in [1.29, 1.82) is 0 Å². The Morgan fingerprint density at radius 1 is 0.862 bits per heavy atom. The van der Waals surface area contributed by atoms with Gasteiger partial charge in [0.1, 0.15) is 11.5 Å². The number of nitrogens with one attached hydrogen (secondary N) is 1. The first-order chi connectivity index (χ1) is 13.6. The van der Waals surface area contributed by atoms with Crippen molar-refractivity contribution >= 4 is 34.2 Å². The largest absolute Gasteiger partial charge is 0.506 e. The average Bonchev–Trinajstić information content (AvgIpc) is 2.67. The molecule has 2 aromatic rings. The summed E-state index contributed by atoms with van der Waals surface area (Å²) >= 11 is 0. The number of anilines is 3. The zero-order valence-electron chi connectivity index (χ0n) is 17.3. The Hall–Kier alpha value is -3.54. The summed E-state index contributed by atoms with van der Waals surface area (Å²) < 4.78 is 0. The molecular weight excluding hydrogens is 364 g/mol. The summed E-state index contributed by atoms with van der Waals surface area (Å²) in [5.41, 5.74) is 19.9. The first kappa shape index (κ1) is 20.2. The van der Waals surface area contributed by atoms with Gasteiger partial charge in [-0.1, -0.05) is 0 Å². The van der Waals surface area contributed by atoms with Gasteiger partial charge in [0.05, 0.1) is 11.4 Å². The van der Waals surface area contributed by atoms with Crippen molar-refractivity contribution in [2.45, 2.75) is 34.6 Å². The fourth-order valence-electron chi connectivity index (χ4n) is 3.24. The lowest BCUT2D eigenvalue weighted by atomic mass is 9.97. The van der Waals surface area contributed by atoms with Gasteiger partial charge < -0.3 is 21.9 Å². The van der Waals surface area contributed by atoms with Crippen LogP contribution in [0.5, 0.6) is 0 Å². The maximum atomic E-state index is 12.6. The van der Waals surface area contributed by atoms with Crippen LogP contribution in [0.3, 0.4) is 0 Å². The summed E-state index contributed by atoms with van der Waals surface area (Å²) in [5, 5.41) is 13.6. The molecule has 0 fully saturated rings. The number of allylic oxidation sites excluding steroid dienone is 2. The molecule has 0 amide bonds. The van der Waals surface area contributed by atoms with Crippen LogP contribution in [0.25, 0.3) is 0 Å². The summed E-state index contributed by atoms with van der Waals surface area (Å²) in [4.78, 5) is 17.2. The molecule has 1 aliphatic rings. The van der Waals surface area contributed by atoms with E-state index < -0.39 is 0 Å². The van der Waals surface area contributed by atoms with Crippen LogP contribution in [0.15, 0.2) is 52.4 Å². The maximum absolute atomic E-state index is 12.6. The number of aliphatic hydroxyl groups is 1. The van der Waals surface area contributed by atoms with Gasteiger partial charge in [-0.05, 0) is 81.1 Å². The van der Waals surface area contributed by atoms with E-state index in [1.54, 1.807) is 19.1 Å². The second-order valence-electron chi connectivity index (χ2n) is 7.36. The zero-order valence-corrected chi connectivity index (χ0v) is 17.3. The highest BCUT2D eigenvalue weighted by molar-refractivity contribution is 6.25. The SMILES string of the molecule is CC1=C(Nc2ccc(N)c(C)c2C)C(=O)C=C(O)C1=Nc1ccc(N)c(C)c1C. The van der Waals surface area contributed by atoms with E-state index in [1.807, 2.05) is 39.8 Å². The topological polar surface area (TPSA) is 114 Å². The maximum Gasteiger partial charge on any atom is 0.206 e. The van der Waals surface area contributed by atoms with E-state index >= 15 is 0 Å². The van der Waals surface area contributed by atoms with Crippen molar-refractivity contribution in [2.75, 3.05) is 16.8 Å². The van der Waals surface area contributed by atoms with Gasteiger partial charge in [-0.15, -0.1) is 0 Å². The van der Waals surface area contributed by atoms with Crippen molar-refractivity contribution in [1.82, 2.24) is 0 Å². The molecule has 0 saturated heterocycles. The van der Waals surface area contributed by atoms with Crippen LogP contribution < -0.4 is 16.8 Å². The molecule has 0 spiro atoms. The molecule has 0 bridgehead atoms. The molecule has 0 heterocycles. The fourth-order valence-corrected chi connectivity index (χ4v) is 3.24. The highest BCUT2D eigenvalue weighted by Gasteiger charge is 2.25. The zero-order chi connectivity index (χ0) is 21.5. The standard InChI is InChI=1S/C23H26N4O2/c1-11-13(3)18(8-6-16(11)24)26-22-15(5)23(21(29)10-20(22)28)27-19-9-7-17(25)12(2)14(19)4/h6-10,26,29H,24-25H2,1-5H3. The van der Waals surface area contributed by atoms with Crippen LogP contribution in [-0.2, 0) is 4.79 Å². The third kappa shape index (κ3) is 3.61. The molecule has 6 heteroatoms. The highest BCUT2D eigenvalue weighted by atomic mass is 16.3. The third-order valence-electron chi connectivity index (χ3n) is 5.61. The minimum atomic E-state index is -0.307. The molecule has 0 atom stereocenters. The first-order valence-electron chi connectivity index (χ1n) is 9.35. The fraction of sp³-hybridized carbons (Fsp3) is 0.217. The third-order valence-corrected chi connectivity index (χ3v) is 5.61. The van der Waals surface area contributed by atoms with Gasteiger partial charge in [0.15, 0.2) is 0 Å². The molecule has 0 saturated carbocycles. The number of ketones is 1. The summed E-state index contributed by atoms with van der Waals surface area (Å²) in [6.45, 7) is 9.50. The second-order valence-corrected chi connectivity index (χ2v) is 7.36. The van der Waals surface area contributed by atoms with Crippen molar-refractivity contribution < 1.29 is 9.90 Å². The Balaban J connectivity index is 2.09. The van der Waals surface area contributed by atoms with Gasteiger partial charge in [-0.3, -0.25) is 4.79 Å². The number of nitrogen functional groups attached to an aromatic ring is 2. The molecule has 0 radical (unpaired) electrons. The molecule has 6 N–H and O–H groups in total. The Labute approximate surface area is 170 Å². The molecule has 0 aliphatic heterocycles. The molecule has 1 aliphatic carbocycles. The van der Waals surface area contributed by atoms with E-state index in [-0.39, 0.29) is 11.5 Å². The van der Waals surface area contributed by atoms with Crippen LogP contribution >= 0.6 is 0 Å². The molecule has 150 valence electrons. The van der Waals surface area contributed by atoms with E-state index in [2.05, 4.69) is 10.3 Å². The monoisotopic (exact) mass is 390 g/mol. The first-order valence-corrected chi connectivity index (χ1v) is 9.35. The van der Waals surface area contributed by atoms with E-state index in [4.69, 9.17) is 11.5 Å². The minimum Gasteiger partial charge on any atom is -0.506 e. The lowest BCUT2D eigenvalue weighted by Crippen LogP contribution is -2.23. The number of carbonyl (C=O) groups excluding carboxylic acids is 1. The Bertz CT molecular complexity index is 1120. The predicted molar refractivity (Wildman–Crippen MR) is 120 cm³/mol. The van der Waals surface area contributed by atoms with Gasteiger partial charge in [0, 0.05) is 28.7 Å². The number of nitrogens with zero attached hydrogens (tertiary/aromatic N) is 1. The van der Waals surface area contributed by atoms with Crippen LogP contribution in [0, 0.1) is 27.7 Å². The van der Waals surface area contributed by atoms with E-state index in [9.17, 15) is 9.90 Å². The molecule has 0 unspecified atom stereocenters. The molecular formula is C23H26N4O2. The number of nitrogens with two attached hydrogens (primary N) is 2. The quantitative estimate of drug-likeness (QED) is 0.453. The van der Waals surface area contributed by atoms with E-state index in [1.165, 1.54) is 6.08 Å². The number of benzene rings is 2. The van der Waals surface area contributed by atoms with Crippen LogP contribution in [-0.4, -0.2) is 16.6 Å². The van der Waals surface area contributed by atoms with Crippen molar-refractivity contribution in [2.24, 2.45) is 4.99 Å². The van der Waals surface area contributed by atoms with Crippen molar-refractivity contribution in [3.05, 3.63) is 69.6 Å². The molecule has 6 nitrogen and oxygen atoms in total. The molecule has 29 heavy (non-hydrogen) atoms. The Morgan fingerprint density at radius 2 is 1.45 bits per heavy atom. The lowest BCUT2D eigenvalue weighted by Gasteiger charge is -2.20. The van der Waals surface area contributed by atoms with Gasteiger partial charge in [-0.25, -0.2) is 4.99 Å². The minimum absolute atomic E-state index is 0.155. The lowest BCUT2D eigenvalue weighted by molar-refractivity contribution is -0.111. The molecule has 0 aromatic heterocycles. The summed E-state index contributed by atoms with van der Waals surface area (Å²) in [6.07, 6.45) is 1.19.